The maximum absolute atomic E-state index is 13.1. The Labute approximate surface area is 170 Å². The lowest BCUT2D eigenvalue weighted by Crippen LogP contribution is -2.58. The van der Waals surface area contributed by atoms with Crippen molar-refractivity contribution >= 4 is 33.0 Å². The summed E-state index contributed by atoms with van der Waals surface area (Å²) in [6, 6.07) is 12.9. The van der Waals surface area contributed by atoms with Gasteiger partial charge in [-0.1, -0.05) is 17.7 Å². The first-order valence-electron chi connectivity index (χ1n) is 8.73. The van der Waals surface area contributed by atoms with Gasteiger partial charge in [0.2, 0.25) is 15.7 Å². The van der Waals surface area contributed by atoms with E-state index in [1.54, 1.807) is 12.1 Å². The molecule has 1 aliphatic rings. The number of hydrogen-bond acceptors (Lipinski definition) is 4. The van der Waals surface area contributed by atoms with Crippen molar-refractivity contribution < 1.29 is 8.42 Å². The first-order valence-corrected chi connectivity index (χ1v) is 10.6. The normalized spacial score (nSPS) is 20.4. The van der Waals surface area contributed by atoms with E-state index in [2.05, 4.69) is 9.74 Å². The lowest BCUT2D eigenvalue weighted by atomic mass is 10.1. The van der Waals surface area contributed by atoms with Crippen molar-refractivity contribution in [3.8, 4) is 6.07 Å². The number of sulfonamides is 1. The second-order valence-corrected chi connectivity index (χ2v) is 9.11. The second kappa shape index (κ2) is 7.81. The lowest BCUT2D eigenvalue weighted by molar-refractivity contribution is 0.273. The number of piperazine rings is 1. The maximum Gasteiger partial charge on any atom is 0.243 e. The van der Waals surface area contributed by atoms with Gasteiger partial charge in [-0.3, -0.25) is 0 Å². The van der Waals surface area contributed by atoms with E-state index >= 15 is 0 Å². The van der Waals surface area contributed by atoms with Gasteiger partial charge in [0, 0.05) is 35.9 Å². The zero-order chi connectivity index (χ0) is 20.5. The average Bonchev–Trinajstić information content (AvgIpc) is 2.69. The first kappa shape index (κ1) is 20.2. The Bertz CT molecular complexity index is 1070. The van der Waals surface area contributed by atoms with Crippen molar-refractivity contribution in [2.45, 2.75) is 30.8 Å². The summed E-state index contributed by atoms with van der Waals surface area (Å²) in [7, 11) is -3.66. The van der Waals surface area contributed by atoms with Crippen LogP contribution in [0.3, 0.4) is 0 Å². The van der Waals surface area contributed by atoms with E-state index in [9.17, 15) is 8.42 Å². The third-order valence-electron chi connectivity index (χ3n) is 4.90. The molecule has 1 fully saturated rings. The number of nitriles is 1. The minimum Gasteiger partial charge on any atom is -0.366 e. The van der Waals surface area contributed by atoms with E-state index < -0.39 is 10.0 Å². The molecule has 0 radical (unpaired) electrons. The van der Waals surface area contributed by atoms with Gasteiger partial charge in [0.1, 0.15) is 0 Å². The van der Waals surface area contributed by atoms with Crippen LogP contribution in [0, 0.1) is 17.9 Å². The Balaban J connectivity index is 1.85. The number of rotatable bonds is 3. The quantitative estimate of drug-likeness (QED) is 0.710. The molecule has 1 saturated heterocycles. The van der Waals surface area contributed by atoms with Gasteiger partial charge >= 0.3 is 0 Å². The molecule has 0 bridgehead atoms. The highest BCUT2D eigenvalue weighted by molar-refractivity contribution is 7.89. The van der Waals surface area contributed by atoms with E-state index in [0.717, 1.165) is 5.69 Å². The van der Waals surface area contributed by atoms with Crippen LogP contribution in [0.15, 0.2) is 47.4 Å². The Morgan fingerprint density at radius 1 is 1.14 bits per heavy atom. The highest BCUT2D eigenvalue weighted by atomic mass is 35.5. The second-order valence-electron chi connectivity index (χ2n) is 6.81. The molecule has 6 nitrogen and oxygen atoms in total. The van der Waals surface area contributed by atoms with Crippen molar-refractivity contribution in [2.24, 2.45) is 0 Å². The smallest absolute Gasteiger partial charge is 0.243 e. The van der Waals surface area contributed by atoms with Gasteiger partial charge in [-0.25, -0.2) is 13.3 Å². The summed E-state index contributed by atoms with van der Waals surface area (Å²) in [6.07, 6.45) is 0. The molecule has 1 aliphatic heterocycles. The number of benzene rings is 2. The predicted molar refractivity (Wildman–Crippen MR) is 109 cm³/mol. The van der Waals surface area contributed by atoms with Crippen molar-refractivity contribution in [3.05, 3.63) is 64.5 Å². The summed E-state index contributed by atoms with van der Waals surface area (Å²) in [5.74, 6) is 0. The van der Waals surface area contributed by atoms with Crippen LogP contribution in [0.2, 0.25) is 5.02 Å². The molecule has 144 valence electrons. The topological polar surface area (TPSA) is 68.8 Å². The van der Waals surface area contributed by atoms with Crippen molar-refractivity contribution in [1.29, 1.82) is 5.26 Å². The monoisotopic (exact) mass is 414 g/mol. The van der Waals surface area contributed by atoms with E-state index in [1.165, 1.54) is 28.6 Å². The summed E-state index contributed by atoms with van der Waals surface area (Å²) >= 11 is 6.17. The number of anilines is 1. The minimum absolute atomic E-state index is 0.0702. The van der Waals surface area contributed by atoms with E-state index in [4.69, 9.17) is 23.4 Å². The van der Waals surface area contributed by atoms with Crippen molar-refractivity contribution in [3.63, 3.8) is 0 Å². The third-order valence-corrected chi connectivity index (χ3v) is 7.20. The number of hydrogen-bond donors (Lipinski definition) is 0. The summed E-state index contributed by atoms with van der Waals surface area (Å²) in [5, 5.41) is 9.29. The number of halogens is 1. The van der Waals surface area contributed by atoms with Crippen LogP contribution in [0.25, 0.3) is 4.85 Å². The van der Waals surface area contributed by atoms with E-state index in [-0.39, 0.29) is 17.0 Å². The highest BCUT2D eigenvalue weighted by Gasteiger charge is 2.37. The predicted octanol–water partition coefficient (Wildman–Crippen LogP) is 4.05. The van der Waals surface area contributed by atoms with Gasteiger partial charge in [0.25, 0.3) is 0 Å². The minimum atomic E-state index is -3.66. The molecular formula is C20H19ClN4O2S. The molecule has 8 heteroatoms. The molecule has 28 heavy (non-hydrogen) atoms. The summed E-state index contributed by atoms with van der Waals surface area (Å²) < 4.78 is 27.7. The Morgan fingerprint density at radius 3 is 2.39 bits per heavy atom. The molecule has 2 aromatic rings. The van der Waals surface area contributed by atoms with Gasteiger partial charge in [0.05, 0.1) is 23.1 Å². The average molecular weight is 415 g/mol. The SMILES string of the molecule is [C-]#[N+]c1ccc(N2C[C@@H](C)N(S(=O)(=O)c3ccc(C#N)cc3)C[C@@H]2C)cc1Cl. The fourth-order valence-corrected chi connectivity index (χ4v) is 5.31. The lowest BCUT2D eigenvalue weighted by Gasteiger charge is -2.44. The summed E-state index contributed by atoms with van der Waals surface area (Å²) in [5.41, 5.74) is 1.69. The van der Waals surface area contributed by atoms with E-state index in [1.807, 2.05) is 26.0 Å². The Kier molecular flexibility index (Phi) is 5.62. The molecule has 0 amide bonds. The zero-order valence-electron chi connectivity index (χ0n) is 15.5. The Morgan fingerprint density at radius 2 is 1.82 bits per heavy atom. The van der Waals surface area contributed by atoms with Crippen LogP contribution in [-0.4, -0.2) is 37.9 Å². The standard InChI is InChI=1S/C20H19ClN4O2S/c1-14-13-25(28(26,27)18-7-4-16(11-22)5-8-18)15(2)12-24(14)17-6-9-20(23-3)19(21)10-17/h4-10,14-15H,12-13H2,1-2H3/t14-,15+/m0/s1. The molecule has 0 aromatic heterocycles. The highest BCUT2D eigenvalue weighted by Crippen LogP contribution is 2.33. The molecule has 2 atom stereocenters. The molecule has 0 N–H and O–H groups in total. The van der Waals surface area contributed by atoms with Crippen LogP contribution in [0.5, 0.6) is 0 Å². The summed E-state index contributed by atoms with van der Waals surface area (Å²) in [4.78, 5) is 5.66. The van der Waals surface area contributed by atoms with Gasteiger partial charge < -0.3 is 4.90 Å². The molecule has 0 spiro atoms. The van der Waals surface area contributed by atoms with Crippen LogP contribution in [0.4, 0.5) is 11.4 Å². The van der Waals surface area contributed by atoms with Crippen LogP contribution in [-0.2, 0) is 10.0 Å². The van der Waals surface area contributed by atoms with E-state index in [0.29, 0.717) is 29.4 Å². The summed E-state index contributed by atoms with van der Waals surface area (Å²) in [6.45, 7) is 11.8. The maximum atomic E-state index is 13.1. The van der Waals surface area contributed by atoms with Gasteiger partial charge in [0.15, 0.2) is 0 Å². The van der Waals surface area contributed by atoms with Gasteiger partial charge in [-0.05, 0) is 50.2 Å². The number of nitrogens with zero attached hydrogens (tertiary/aromatic N) is 4. The third kappa shape index (κ3) is 3.70. The zero-order valence-corrected chi connectivity index (χ0v) is 17.1. The van der Waals surface area contributed by atoms with Gasteiger partial charge in [-0.2, -0.15) is 9.57 Å². The molecule has 3 rings (SSSR count). The fraction of sp³-hybridized carbons (Fsp3) is 0.300. The molecular weight excluding hydrogens is 396 g/mol. The van der Waals surface area contributed by atoms with Crippen LogP contribution < -0.4 is 4.90 Å². The molecule has 0 saturated carbocycles. The Hall–Kier alpha value is -2.58. The first-order chi connectivity index (χ1) is 13.3. The van der Waals surface area contributed by atoms with Crippen LogP contribution in [0.1, 0.15) is 19.4 Å². The van der Waals surface area contributed by atoms with Crippen molar-refractivity contribution in [2.75, 3.05) is 18.0 Å². The molecule has 1 heterocycles. The molecule has 0 aliphatic carbocycles. The molecule has 2 aromatic carbocycles. The van der Waals surface area contributed by atoms with Gasteiger partial charge in [-0.15, -0.1) is 0 Å². The van der Waals surface area contributed by atoms with Crippen LogP contribution >= 0.6 is 11.6 Å². The fourth-order valence-electron chi connectivity index (χ4n) is 3.39. The largest absolute Gasteiger partial charge is 0.366 e. The van der Waals surface area contributed by atoms with Crippen molar-refractivity contribution in [1.82, 2.24) is 4.31 Å². The molecule has 0 unspecified atom stereocenters.